The topological polar surface area (TPSA) is 0 Å². The van der Waals surface area contributed by atoms with Gasteiger partial charge in [0.1, 0.15) is 0 Å². The van der Waals surface area contributed by atoms with Crippen molar-refractivity contribution >= 4 is 34.2 Å². The standard InChI is InChI=1S/C15H16S2/c1-15(2,11-7-3-5-9-13(11)16)12-8-4-6-10-14(12)17/h3-8H,9-10H2,1-2H3. The van der Waals surface area contributed by atoms with E-state index in [-0.39, 0.29) is 5.41 Å². The lowest BCUT2D eigenvalue weighted by Gasteiger charge is -2.33. The van der Waals surface area contributed by atoms with Crippen LogP contribution in [0.25, 0.3) is 0 Å². The summed E-state index contributed by atoms with van der Waals surface area (Å²) in [6.45, 7) is 4.42. The van der Waals surface area contributed by atoms with E-state index in [1.807, 2.05) is 0 Å². The molecule has 0 N–H and O–H groups in total. The van der Waals surface area contributed by atoms with E-state index in [9.17, 15) is 0 Å². The highest BCUT2D eigenvalue weighted by atomic mass is 32.1. The lowest BCUT2D eigenvalue weighted by Crippen LogP contribution is -2.27. The summed E-state index contributed by atoms with van der Waals surface area (Å²) in [5, 5.41) is 0. The molecular formula is C15H16S2. The highest BCUT2D eigenvalue weighted by Gasteiger charge is 2.32. The van der Waals surface area contributed by atoms with Crippen molar-refractivity contribution in [2.45, 2.75) is 26.7 Å². The second-order valence-corrected chi connectivity index (χ2v) is 5.88. The van der Waals surface area contributed by atoms with Crippen LogP contribution in [-0.2, 0) is 0 Å². The molecule has 0 bridgehead atoms. The molecule has 0 amide bonds. The van der Waals surface area contributed by atoms with E-state index >= 15 is 0 Å². The summed E-state index contributed by atoms with van der Waals surface area (Å²) in [7, 11) is 0. The molecule has 0 aromatic rings. The van der Waals surface area contributed by atoms with Gasteiger partial charge in [0.15, 0.2) is 0 Å². The lowest BCUT2D eigenvalue weighted by molar-refractivity contribution is 0.581. The summed E-state index contributed by atoms with van der Waals surface area (Å²) < 4.78 is 0. The predicted molar refractivity (Wildman–Crippen MR) is 82.7 cm³/mol. The van der Waals surface area contributed by atoms with Crippen LogP contribution < -0.4 is 0 Å². The van der Waals surface area contributed by atoms with Crippen LogP contribution in [0.2, 0.25) is 0 Å². The van der Waals surface area contributed by atoms with Gasteiger partial charge in [0.2, 0.25) is 0 Å². The van der Waals surface area contributed by atoms with Gasteiger partial charge in [0, 0.05) is 28.0 Å². The van der Waals surface area contributed by atoms with E-state index < -0.39 is 0 Å². The Balaban J connectivity index is 2.42. The van der Waals surface area contributed by atoms with Crippen LogP contribution in [0.3, 0.4) is 0 Å². The molecule has 0 fully saturated rings. The zero-order valence-corrected chi connectivity index (χ0v) is 11.8. The Morgan fingerprint density at radius 3 is 1.65 bits per heavy atom. The molecule has 0 radical (unpaired) electrons. The van der Waals surface area contributed by atoms with E-state index in [0.717, 1.165) is 22.6 Å². The lowest BCUT2D eigenvalue weighted by atomic mass is 9.71. The predicted octanol–water partition coefficient (Wildman–Crippen LogP) is 4.53. The van der Waals surface area contributed by atoms with Gasteiger partial charge in [-0.05, 0) is 11.1 Å². The van der Waals surface area contributed by atoms with Crippen LogP contribution in [0.15, 0.2) is 47.6 Å². The maximum Gasteiger partial charge on any atom is 0.0230 e. The van der Waals surface area contributed by atoms with Gasteiger partial charge in [-0.25, -0.2) is 0 Å². The molecule has 2 rings (SSSR count). The minimum absolute atomic E-state index is 0.0797. The maximum atomic E-state index is 5.48. The van der Waals surface area contributed by atoms with Gasteiger partial charge >= 0.3 is 0 Å². The molecule has 0 spiro atoms. The third-order valence-electron chi connectivity index (χ3n) is 3.35. The van der Waals surface area contributed by atoms with Gasteiger partial charge in [-0.3, -0.25) is 0 Å². The van der Waals surface area contributed by atoms with Crippen molar-refractivity contribution in [3.8, 4) is 0 Å². The Bertz CT molecular complexity index is 441. The van der Waals surface area contributed by atoms with Crippen molar-refractivity contribution in [2.75, 3.05) is 0 Å². The van der Waals surface area contributed by atoms with Gasteiger partial charge in [-0.2, -0.15) is 0 Å². The quantitative estimate of drug-likeness (QED) is 0.669. The molecule has 88 valence electrons. The summed E-state index contributed by atoms with van der Waals surface area (Å²) in [4.78, 5) is 2.08. The second kappa shape index (κ2) is 4.79. The Morgan fingerprint density at radius 1 is 0.882 bits per heavy atom. The van der Waals surface area contributed by atoms with Crippen LogP contribution in [0.4, 0.5) is 0 Å². The van der Waals surface area contributed by atoms with Crippen LogP contribution >= 0.6 is 24.4 Å². The normalized spacial score (nSPS) is 20.4. The zero-order valence-electron chi connectivity index (χ0n) is 10.2. The molecule has 2 aliphatic rings. The molecule has 0 saturated carbocycles. The molecule has 2 aliphatic carbocycles. The highest BCUT2D eigenvalue weighted by molar-refractivity contribution is 7.81. The molecule has 0 saturated heterocycles. The van der Waals surface area contributed by atoms with Crippen molar-refractivity contribution in [1.29, 1.82) is 0 Å². The van der Waals surface area contributed by atoms with Crippen molar-refractivity contribution in [3.05, 3.63) is 47.6 Å². The third-order valence-corrected chi connectivity index (χ3v) is 4.13. The largest absolute Gasteiger partial charge is 0.0842 e. The molecule has 0 aromatic heterocycles. The van der Waals surface area contributed by atoms with Crippen LogP contribution in [-0.4, -0.2) is 9.73 Å². The van der Waals surface area contributed by atoms with E-state index in [1.165, 1.54) is 11.1 Å². The second-order valence-electron chi connectivity index (χ2n) is 4.90. The SMILES string of the molecule is CC(C)(C1=CC=CCC1=S)C1=CC=CCC1=S. The van der Waals surface area contributed by atoms with Gasteiger partial charge in [0.05, 0.1) is 0 Å². The first-order valence-electron chi connectivity index (χ1n) is 5.84. The molecular weight excluding hydrogens is 244 g/mol. The van der Waals surface area contributed by atoms with E-state index in [2.05, 4.69) is 50.3 Å². The first kappa shape index (κ1) is 12.6. The minimum Gasteiger partial charge on any atom is -0.0842 e. The van der Waals surface area contributed by atoms with E-state index in [4.69, 9.17) is 24.4 Å². The molecule has 0 aliphatic heterocycles. The van der Waals surface area contributed by atoms with E-state index in [1.54, 1.807) is 0 Å². The smallest absolute Gasteiger partial charge is 0.0230 e. The molecule has 0 heterocycles. The Morgan fingerprint density at radius 2 is 1.29 bits per heavy atom. The summed E-state index contributed by atoms with van der Waals surface area (Å²) >= 11 is 11.0. The summed E-state index contributed by atoms with van der Waals surface area (Å²) in [5.41, 5.74) is 2.39. The number of rotatable bonds is 2. The molecule has 17 heavy (non-hydrogen) atoms. The number of hydrogen-bond acceptors (Lipinski definition) is 2. The van der Waals surface area contributed by atoms with Crippen molar-refractivity contribution in [3.63, 3.8) is 0 Å². The first-order chi connectivity index (χ1) is 8.03. The molecule has 0 unspecified atom stereocenters. The van der Waals surface area contributed by atoms with E-state index in [0.29, 0.717) is 0 Å². The molecule has 0 atom stereocenters. The van der Waals surface area contributed by atoms with Gasteiger partial charge < -0.3 is 0 Å². The van der Waals surface area contributed by atoms with Gasteiger partial charge in [-0.15, -0.1) is 0 Å². The number of hydrogen-bond donors (Lipinski definition) is 0. The maximum absolute atomic E-state index is 5.48. The summed E-state index contributed by atoms with van der Waals surface area (Å²) in [6, 6.07) is 0. The Hall–Kier alpha value is -0.860. The third kappa shape index (κ3) is 2.38. The van der Waals surface area contributed by atoms with Crippen LogP contribution in [0, 0.1) is 5.41 Å². The molecule has 2 heteroatoms. The molecule has 0 aromatic carbocycles. The number of thiocarbonyl (C=S) groups is 2. The summed E-state index contributed by atoms with van der Waals surface area (Å²) in [5.74, 6) is 0. The fourth-order valence-electron chi connectivity index (χ4n) is 2.34. The van der Waals surface area contributed by atoms with Crippen LogP contribution in [0.5, 0.6) is 0 Å². The van der Waals surface area contributed by atoms with Gasteiger partial charge in [0.25, 0.3) is 0 Å². The Labute approximate surface area is 114 Å². The molecule has 0 nitrogen and oxygen atoms in total. The zero-order chi connectivity index (χ0) is 12.5. The monoisotopic (exact) mass is 260 g/mol. The average Bonchev–Trinajstić information content (AvgIpc) is 2.29. The number of allylic oxidation sites excluding steroid dienone is 8. The highest BCUT2D eigenvalue weighted by Crippen LogP contribution is 2.39. The van der Waals surface area contributed by atoms with Crippen molar-refractivity contribution < 1.29 is 0 Å². The van der Waals surface area contributed by atoms with Crippen molar-refractivity contribution in [2.24, 2.45) is 5.41 Å². The average molecular weight is 260 g/mol. The fourth-order valence-corrected chi connectivity index (χ4v) is 3.18. The Kier molecular flexibility index (Phi) is 3.55. The minimum atomic E-state index is -0.0797. The van der Waals surface area contributed by atoms with Crippen molar-refractivity contribution in [1.82, 2.24) is 0 Å². The summed E-state index contributed by atoms with van der Waals surface area (Å²) in [6.07, 6.45) is 14.4. The first-order valence-corrected chi connectivity index (χ1v) is 6.66. The fraction of sp³-hybridized carbons (Fsp3) is 0.333. The van der Waals surface area contributed by atoms with Crippen LogP contribution in [0.1, 0.15) is 26.7 Å². The van der Waals surface area contributed by atoms with Gasteiger partial charge in [-0.1, -0.05) is 74.7 Å².